The van der Waals surface area contributed by atoms with Crippen molar-refractivity contribution in [1.82, 2.24) is 5.32 Å². The highest BCUT2D eigenvalue weighted by atomic mass is 35.5. The van der Waals surface area contributed by atoms with Crippen LogP contribution in [0.5, 0.6) is 5.75 Å². The molecule has 0 saturated carbocycles. The molecule has 0 spiro atoms. The van der Waals surface area contributed by atoms with Crippen LogP contribution in [0.4, 0.5) is 0 Å². The first-order valence-electron chi connectivity index (χ1n) is 5.28. The van der Waals surface area contributed by atoms with Crippen LogP contribution in [0, 0.1) is 6.92 Å². The Morgan fingerprint density at radius 1 is 1.27 bits per heavy atom. The molecule has 1 aromatic rings. The van der Waals surface area contributed by atoms with Crippen LogP contribution < -0.4 is 10.1 Å². The van der Waals surface area contributed by atoms with Gasteiger partial charge in [0.15, 0.2) is 0 Å². The normalized spacial score (nSPS) is 16.9. The Morgan fingerprint density at radius 2 is 2.00 bits per heavy atom. The summed E-state index contributed by atoms with van der Waals surface area (Å²) in [5.41, 5.74) is 1.26. The Labute approximate surface area is 97.4 Å². The zero-order chi connectivity index (χ0) is 9.80. The van der Waals surface area contributed by atoms with Crippen LogP contribution in [0.2, 0.25) is 0 Å². The highest BCUT2D eigenvalue weighted by Crippen LogP contribution is 2.17. The van der Waals surface area contributed by atoms with Crippen molar-refractivity contribution in [3.05, 3.63) is 29.8 Å². The summed E-state index contributed by atoms with van der Waals surface area (Å²) in [6.45, 7) is 4.25. The molecule has 0 bridgehead atoms. The first kappa shape index (κ1) is 12.3. The van der Waals surface area contributed by atoms with Crippen LogP contribution in [0.3, 0.4) is 0 Å². The zero-order valence-corrected chi connectivity index (χ0v) is 9.85. The summed E-state index contributed by atoms with van der Waals surface area (Å²) in [7, 11) is 0. The van der Waals surface area contributed by atoms with E-state index in [1.165, 1.54) is 5.56 Å². The molecule has 1 N–H and O–H groups in total. The molecule has 0 amide bonds. The molecule has 3 heteroatoms. The van der Waals surface area contributed by atoms with Crippen LogP contribution in [0.25, 0.3) is 0 Å². The molecule has 1 fully saturated rings. The number of ether oxygens (including phenoxy) is 1. The van der Waals surface area contributed by atoms with Gasteiger partial charge in [0, 0.05) is 0 Å². The van der Waals surface area contributed by atoms with Crippen LogP contribution in [-0.4, -0.2) is 19.2 Å². The summed E-state index contributed by atoms with van der Waals surface area (Å²) in [5.74, 6) is 1.01. The third kappa shape index (κ3) is 3.73. The molecule has 1 aromatic carbocycles. The van der Waals surface area contributed by atoms with E-state index < -0.39 is 0 Å². The molecule has 0 aliphatic carbocycles. The molecule has 1 heterocycles. The van der Waals surface area contributed by atoms with E-state index in [-0.39, 0.29) is 12.4 Å². The van der Waals surface area contributed by atoms with Gasteiger partial charge in [-0.05, 0) is 50.6 Å². The molecule has 0 radical (unpaired) electrons. The number of hydrogen-bond acceptors (Lipinski definition) is 2. The van der Waals surface area contributed by atoms with Crippen LogP contribution in [0.1, 0.15) is 18.4 Å². The van der Waals surface area contributed by atoms with Gasteiger partial charge in [-0.1, -0.05) is 12.1 Å². The largest absolute Gasteiger partial charge is 0.490 e. The van der Waals surface area contributed by atoms with E-state index in [9.17, 15) is 0 Å². The van der Waals surface area contributed by atoms with Gasteiger partial charge in [-0.2, -0.15) is 0 Å². The second-order valence-corrected chi connectivity index (χ2v) is 3.88. The van der Waals surface area contributed by atoms with Crippen molar-refractivity contribution in [3.63, 3.8) is 0 Å². The van der Waals surface area contributed by atoms with Crippen molar-refractivity contribution in [2.75, 3.05) is 13.1 Å². The Balaban J connectivity index is 0.00000112. The molecular formula is C12H18ClNO. The van der Waals surface area contributed by atoms with Gasteiger partial charge in [0.05, 0.1) is 0 Å². The smallest absolute Gasteiger partial charge is 0.119 e. The Kier molecular flexibility index (Phi) is 4.92. The Hall–Kier alpha value is -0.730. The third-order valence-corrected chi connectivity index (χ3v) is 2.58. The molecule has 15 heavy (non-hydrogen) atoms. The molecule has 0 atom stereocenters. The van der Waals surface area contributed by atoms with Gasteiger partial charge in [-0.25, -0.2) is 0 Å². The summed E-state index contributed by atoms with van der Waals surface area (Å²) in [6, 6.07) is 8.28. The molecule has 2 rings (SSSR count). The summed E-state index contributed by atoms with van der Waals surface area (Å²) in [6.07, 6.45) is 2.64. The number of nitrogens with one attached hydrogen (secondary N) is 1. The first-order valence-corrected chi connectivity index (χ1v) is 5.28. The number of benzene rings is 1. The van der Waals surface area contributed by atoms with E-state index >= 15 is 0 Å². The average molecular weight is 228 g/mol. The van der Waals surface area contributed by atoms with Crippen molar-refractivity contribution in [1.29, 1.82) is 0 Å². The summed E-state index contributed by atoms with van der Waals surface area (Å²) >= 11 is 0. The van der Waals surface area contributed by atoms with E-state index in [1.807, 2.05) is 12.1 Å². The van der Waals surface area contributed by atoms with Gasteiger partial charge in [0.25, 0.3) is 0 Å². The van der Waals surface area contributed by atoms with Gasteiger partial charge in [0.1, 0.15) is 11.9 Å². The topological polar surface area (TPSA) is 21.3 Å². The summed E-state index contributed by atoms with van der Waals surface area (Å²) in [5, 5.41) is 3.33. The lowest BCUT2D eigenvalue weighted by Crippen LogP contribution is -2.34. The molecule has 1 saturated heterocycles. The fourth-order valence-electron chi connectivity index (χ4n) is 1.79. The molecule has 2 nitrogen and oxygen atoms in total. The van der Waals surface area contributed by atoms with E-state index in [0.717, 1.165) is 31.7 Å². The van der Waals surface area contributed by atoms with Crippen LogP contribution >= 0.6 is 12.4 Å². The lowest BCUT2D eigenvalue weighted by molar-refractivity contribution is 0.162. The first-order chi connectivity index (χ1) is 6.84. The van der Waals surface area contributed by atoms with Gasteiger partial charge in [-0.15, -0.1) is 12.4 Å². The average Bonchev–Trinajstić information content (AvgIpc) is 2.19. The molecule has 1 aliphatic heterocycles. The maximum atomic E-state index is 5.90. The molecule has 84 valence electrons. The van der Waals surface area contributed by atoms with Crippen molar-refractivity contribution < 1.29 is 4.74 Å². The number of aryl methyl sites for hydroxylation is 1. The Bertz CT molecular complexity index is 297. The fourth-order valence-corrected chi connectivity index (χ4v) is 1.79. The van der Waals surface area contributed by atoms with Crippen molar-refractivity contribution in [2.45, 2.75) is 25.9 Å². The lowest BCUT2D eigenvalue weighted by atomic mass is 10.1. The van der Waals surface area contributed by atoms with E-state index in [0.29, 0.717) is 6.10 Å². The van der Waals surface area contributed by atoms with Gasteiger partial charge in [-0.3, -0.25) is 0 Å². The highest BCUT2D eigenvalue weighted by Gasteiger charge is 2.13. The summed E-state index contributed by atoms with van der Waals surface area (Å²) < 4.78 is 5.90. The van der Waals surface area contributed by atoms with Crippen molar-refractivity contribution in [3.8, 4) is 5.75 Å². The standard InChI is InChI=1S/C12H17NO.ClH/c1-10-3-2-4-12(9-10)14-11-5-7-13-8-6-11;/h2-4,9,11,13H,5-8H2,1H3;1H. The van der Waals surface area contributed by atoms with E-state index in [1.54, 1.807) is 0 Å². The van der Waals surface area contributed by atoms with Crippen LogP contribution in [0.15, 0.2) is 24.3 Å². The maximum Gasteiger partial charge on any atom is 0.119 e. The third-order valence-electron chi connectivity index (χ3n) is 2.58. The Morgan fingerprint density at radius 3 is 2.67 bits per heavy atom. The van der Waals surface area contributed by atoms with E-state index in [2.05, 4.69) is 24.4 Å². The number of rotatable bonds is 2. The van der Waals surface area contributed by atoms with E-state index in [4.69, 9.17) is 4.74 Å². The fraction of sp³-hybridized carbons (Fsp3) is 0.500. The van der Waals surface area contributed by atoms with Gasteiger partial charge in [0.2, 0.25) is 0 Å². The predicted octanol–water partition coefficient (Wildman–Crippen LogP) is 2.55. The maximum absolute atomic E-state index is 5.90. The minimum atomic E-state index is 0. The second kappa shape index (κ2) is 5.99. The quantitative estimate of drug-likeness (QED) is 0.839. The molecule has 0 aromatic heterocycles. The number of piperidine rings is 1. The number of hydrogen-bond donors (Lipinski definition) is 1. The second-order valence-electron chi connectivity index (χ2n) is 3.88. The molecular weight excluding hydrogens is 210 g/mol. The van der Waals surface area contributed by atoms with Crippen LogP contribution in [-0.2, 0) is 0 Å². The predicted molar refractivity (Wildman–Crippen MR) is 64.9 cm³/mol. The minimum Gasteiger partial charge on any atom is -0.490 e. The van der Waals surface area contributed by atoms with Crippen molar-refractivity contribution >= 4 is 12.4 Å². The zero-order valence-electron chi connectivity index (χ0n) is 9.03. The van der Waals surface area contributed by atoms with Crippen molar-refractivity contribution in [2.24, 2.45) is 0 Å². The SMILES string of the molecule is Cc1cccc(OC2CCNCC2)c1.Cl. The minimum absolute atomic E-state index is 0. The highest BCUT2D eigenvalue weighted by molar-refractivity contribution is 5.85. The monoisotopic (exact) mass is 227 g/mol. The summed E-state index contributed by atoms with van der Waals surface area (Å²) in [4.78, 5) is 0. The lowest BCUT2D eigenvalue weighted by Gasteiger charge is -2.23. The van der Waals surface area contributed by atoms with Gasteiger partial charge >= 0.3 is 0 Å². The van der Waals surface area contributed by atoms with Gasteiger partial charge < -0.3 is 10.1 Å². The number of halogens is 1. The molecule has 0 unspecified atom stereocenters. The molecule has 1 aliphatic rings.